The number of carboxylic acid groups (broad SMARTS) is 1. The molecule has 0 heterocycles. The Bertz CT molecular complexity index is 371. The van der Waals surface area contributed by atoms with Crippen molar-refractivity contribution in [2.24, 2.45) is 0 Å². The first kappa shape index (κ1) is 14.5. The van der Waals surface area contributed by atoms with Crippen LogP contribution in [0.15, 0.2) is 30.3 Å². The average Bonchev–Trinajstić information content (AvgIpc) is 2.27. The summed E-state index contributed by atoms with van der Waals surface area (Å²) in [4.78, 5) is 12.3. The Labute approximate surface area is 109 Å². The Morgan fingerprint density at radius 1 is 1.28 bits per heavy atom. The molecule has 0 atom stereocenters. The van der Waals surface area contributed by atoms with Crippen LogP contribution in [0.5, 0.6) is 0 Å². The van der Waals surface area contributed by atoms with Crippen molar-refractivity contribution in [1.29, 1.82) is 0 Å². The summed E-state index contributed by atoms with van der Waals surface area (Å²) in [6, 6.07) is 10.0. The first-order valence-corrected chi connectivity index (χ1v) is 6.14. The fourth-order valence-electron chi connectivity index (χ4n) is 1.72. The van der Waals surface area contributed by atoms with Gasteiger partial charge in [0, 0.05) is 25.2 Å². The number of rotatable bonds is 5. The highest BCUT2D eigenvalue weighted by Crippen LogP contribution is 2.11. The second-order valence-corrected chi connectivity index (χ2v) is 5.25. The third-order valence-electron chi connectivity index (χ3n) is 2.71. The van der Waals surface area contributed by atoms with E-state index in [2.05, 4.69) is 5.32 Å². The first-order chi connectivity index (χ1) is 8.41. The summed E-state index contributed by atoms with van der Waals surface area (Å²) in [7, 11) is 0. The zero-order chi connectivity index (χ0) is 13.6. The number of nitrogens with zero attached hydrogens (tertiary/aromatic N) is 1. The molecule has 1 aromatic carbocycles. The van der Waals surface area contributed by atoms with Crippen molar-refractivity contribution >= 4 is 6.09 Å². The fourth-order valence-corrected chi connectivity index (χ4v) is 1.72. The maximum absolute atomic E-state index is 11.0. The van der Waals surface area contributed by atoms with E-state index in [0.717, 1.165) is 6.54 Å². The normalized spacial score (nSPS) is 11.3. The van der Waals surface area contributed by atoms with E-state index in [-0.39, 0.29) is 0 Å². The molecule has 100 valence electrons. The number of benzene rings is 1. The van der Waals surface area contributed by atoms with Gasteiger partial charge in [-0.25, -0.2) is 0 Å². The molecular formula is C14H21N2O2-. The minimum atomic E-state index is -1.12. The highest BCUT2D eigenvalue weighted by atomic mass is 16.4. The number of hydrogen-bond acceptors (Lipinski definition) is 3. The van der Waals surface area contributed by atoms with Crippen LogP contribution in [0.25, 0.3) is 0 Å². The standard InChI is InChI=1S/C14H22N2O2/c1-14(2,3)16(13(17)18)10-9-15-11-12-7-5-4-6-8-12/h4-8,15H,9-11H2,1-3H3,(H,17,18)/p-1. The fraction of sp³-hybridized carbons (Fsp3) is 0.500. The Morgan fingerprint density at radius 3 is 2.39 bits per heavy atom. The number of hydrogen-bond donors (Lipinski definition) is 1. The third-order valence-corrected chi connectivity index (χ3v) is 2.71. The molecule has 0 fully saturated rings. The molecular weight excluding hydrogens is 228 g/mol. The molecule has 0 aliphatic heterocycles. The minimum Gasteiger partial charge on any atom is -0.530 e. The topological polar surface area (TPSA) is 55.4 Å². The monoisotopic (exact) mass is 249 g/mol. The Kier molecular flexibility index (Phi) is 5.16. The van der Waals surface area contributed by atoms with Crippen molar-refractivity contribution < 1.29 is 9.90 Å². The van der Waals surface area contributed by atoms with Gasteiger partial charge in [0.25, 0.3) is 0 Å². The highest BCUT2D eigenvalue weighted by molar-refractivity contribution is 5.63. The Morgan fingerprint density at radius 2 is 1.89 bits per heavy atom. The zero-order valence-corrected chi connectivity index (χ0v) is 11.3. The predicted molar refractivity (Wildman–Crippen MR) is 70.0 cm³/mol. The van der Waals surface area contributed by atoms with E-state index in [1.54, 1.807) is 0 Å². The molecule has 0 aromatic heterocycles. The van der Waals surface area contributed by atoms with Gasteiger partial charge in [0.2, 0.25) is 0 Å². The van der Waals surface area contributed by atoms with Crippen LogP contribution in [0.2, 0.25) is 0 Å². The van der Waals surface area contributed by atoms with Crippen LogP contribution in [0, 0.1) is 0 Å². The predicted octanol–water partition coefficient (Wildman–Crippen LogP) is 1.22. The summed E-state index contributed by atoms with van der Waals surface area (Å²) in [6.45, 7) is 7.37. The largest absolute Gasteiger partial charge is 0.530 e. The van der Waals surface area contributed by atoms with E-state index in [1.165, 1.54) is 10.5 Å². The van der Waals surface area contributed by atoms with Crippen LogP contribution in [0.4, 0.5) is 4.79 Å². The summed E-state index contributed by atoms with van der Waals surface area (Å²) >= 11 is 0. The molecule has 0 aliphatic rings. The Balaban J connectivity index is 2.34. The molecule has 0 bridgehead atoms. The maximum atomic E-state index is 11.0. The van der Waals surface area contributed by atoms with Crippen LogP contribution in [0.3, 0.4) is 0 Å². The number of amides is 1. The highest BCUT2D eigenvalue weighted by Gasteiger charge is 2.20. The molecule has 0 saturated carbocycles. The van der Waals surface area contributed by atoms with E-state index < -0.39 is 11.6 Å². The smallest absolute Gasteiger partial charge is 0.137 e. The lowest BCUT2D eigenvalue weighted by atomic mass is 10.1. The van der Waals surface area contributed by atoms with E-state index >= 15 is 0 Å². The van der Waals surface area contributed by atoms with Gasteiger partial charge in [0.1, 0.15) is 6.09 Å². The van der Waals surface area contributed by atoms with Gasteiger partial charge in [-0.05, 0) is 26.3 Å². The van der Waals surface area contributed by atoms with E-state index in [4.69, 9.17) is 0 Å². The molecule has 0 unspecified atom stereocenters. The van der Waals surface area contributed by atoms with Gasteiger partial charge >= 0.3 is 0 Å². The molecule has 0 radical (unpaired) electrons. The van der Waals surface area contributed by atoms with Gasteiger partial charge in [0.05, 0.1) is 0 Å². The Hall–Kier alpha value is -1.55. The van der Waals surface area contributed by atoms with E-state index in [1.807, 2.05) is 51.1 Å². The molecule has 0 spiro atoms. The summed E-state index contributed by atoms with van der Waals surface area (Å²) < 4.78 is 0. The second-order valence-electron chi connectivity index (χ2n) is 5.25. The maximum Gasteiger partial charge on any atom is 0.137 e. The van der Waals surface area contributed by atoms with Gasteiger partial charge in [-0.2, -0.15) is 0 Å². The second kappa shape index (κ2) is 6.40. The molecule has 0 saturated heterocycles. The van der Waals surface area contributed by atoms with Crippen LogP contribution in [0.1, 0.15) is 26.3 Å². The van der Waals surface area contributed by atoms with Gasteiger partial charge in [-0.15, -0.1) is 0 Å². The molecule has 4 nitrogen and oxygen atoms in total. The molecule has 4 heteroatoms. The van der Waals surface area contributed by atoms with Gasteiger partial charge < -0.3 is 20.1 Å². The van der Waals surface area contributed by atoms with Gasteiger partial charge in [-0.1, -0.05) is 30.3 Å². The van der Waals surface area contributed by atoms with E-state index in [0.29, 0.717) is 13.1 Å². The van der Waals surface area contributed by atoms with Crippen LogP contribution < -0.4 is 10.4 Å². The van der Waals surface area contributed by atoms with Crippen LogP contribution in [-0.2, 0) is 6.54 Å². The summed E-state index contributed by atoms with van der Waals surface area (Å²) in [6.07, 6.45) is -1.12. The number of carbonyl (C=O) groups is 1. The number of carbonyl (C=O) groups excluding carboxylic acids is 1. The summed E-state index contributed by atoms with van der Waals surface area (Å²) in [5.74, 6) is 0. The summed E-state index contributed by atoms with van der Waals surface area (Å²) in [5.41, 5.74) is 0.765. The lowest BCUT2D eigenvalue weighted by molar-refractivity contribution is -0.270. The lowest BCUT2D eigenvalue weighted by Gasteiger charge is -2.37. The van der Waals surface area contributed by atoms with Crippen molar-refractivity contribution in [3.63, 3.8) is 0 Å². The minimum absolute atomic E-state index is 0.423. The molecule has 1 N–H and O–H groups in total. The van der Waals surface area contributed by atoms with Crippen molar-refractivity contribution in [2.75, 3.05) is 13.1 Å². The lowest BCUT2D eigenvalue weighted by Crippen LogP contribution is -2.53. The molecule has 1 amide bonds. The quantitative estimate of drug-likeness (QED) is 0.798. The van der Waals surface area contributed by atoms with Crippen molar-refractivity contribution in [2.45, 2.75) is 32.9 Å². The van der Waals surface area contributed by atoms with Crippen LogP contribution >= 0.6 is 0 Å². The third kappa shape index (κ3) is 4.75. The van der Waals surface area contributed by atoms with E-state index in [9.17, 15) is 9.90 Å². The first-order valence-electron chi connectivity index (χ1n) is 6.14. The van der Waals surface area contributed by atoms with Gasteiger partial charge in [-0.3, -0.25) is 0 Å². The molecule has 1 aromatic rings. The SMILES string of the molecule is CC(C)(C)N(CCNCc1ccccc1)C(=O)[O-]. The molecule has 0 aliphatic carbocycles. The summed E-state index contributed by atoms with van der Waals surface area (Å²) in [5, 5.41) is 14.2. The average molecular weight is 249 g/mol. The van der Waals surface area contributed by atoms with Gasteiger partial charge in [0.15, 0.2) is 0 Å². The van der Waals surface area contributed by atoms with Crippen molar-refractivity contribution in [3.8, 4) is 0 Å². The molecule has 1 rings (SSSR count). The molecule has 18 heavy (non-hydrogen) atoms. The zero-order valence-electron chi connectivity index (χ0n) is 11.3. The van der Waals surface area contributed by atoms with Crippen molar-refractivity contribution in [1.82, 2.24) is 10.2 Å². The van der Waals surface area contributed by atoms with Crippen molar-refractivity contribution in [3.05, 3.63) is 35.9 Å². The van der Waals surface area contributed by atoms with Crippen LogP contribution in [-0.4, -0.2) is 29.6 Å². The number of nitrogens with one attached hydrogen (secondary N) is 1.